The molecule has 1 atom stereocenters. The Bertz CT molecular complexity index is 709. The Morgan fingerprint density at radius 2 is 1.84 bits per heavy atom. The highest BCUT2D eigenvalue weighted by molar-refractivity contribution is 5.79. The normalized spacial score (nSPS) is 16.9. The first-order valence-electron chi connectivity index (χ1n) is 9.19. The summed E-state index contributed by atoms with van der Waals surface area (Å²) < 4.78 is 0. The highest BCUT2D eigenvalue weighted by Gasteiger charge is 2.22. The van der Waals surface area contributed by atoms with Gasteiger partial charge >= 0.3 is 0 Å². The largest absolute Gasteiger partial charge is 0.349 e. The summed E-state index contributed by atoms with van der Waals surface area (Å²) in [5, 5.41) is 3.16. The van der Waals surface area contributed by atoms with Crippen molar-refractivity contribution in [1.29, 1.82) is 0 Å². The molecule has 3 rings (SSSR count). The number of pyridine rings is 1. The lowest BCUT2D eigenvalue weighted by Gasteiger charge is -2.20. The van der Waals surface area contributed by atoms with Gasteiger partial charge in [-0.1, -0.05) is 25.7 Å². The molecule has 2 aromatic rings. The van der Waals surface area contributed by atoms with Crippen LogP contribution in [0.4, 0.5) is 0 Å². The topological polar surface area (TPSA) is 67.8 Å². The van der Waals surface area contributed by atoms with Crippen LogP contribution in [-0.2, 0) is 4.79 Å². The SMILES string of the molecule is Cc1nc(-c2ccncc2)ncc1C(C)NC(=O)C1CCCCCC1. The van der Waals surface area contributed by atoms with Crippen LogP contribution in [0, 0.1) is 12.8 Å². The van der Waals surface area contributed by atoms with E-state index in [4.69, 9.17) is 0 Å². The third-order valence-corrected chi connectivity index (χ3v) is 5.01. The van der Waals surface area contributed by atoms with E-state index in [1.54, 1.807) is 12.4 Å². The van der Waals surface area contributed by atoms with Crippen molar-refractivity contribution >= 4 is 5.91 Å². The van der Waals surface area contributed by atoms with E-state index in [0.29, 0.717) is 5.82 Å². The van der Waals surface area contributed by atoms with Gasteiger partial charge in [0.15, 0.2) is 5.82 Å². The monoisotopic (exact) mass is 338 g/mol. The summed E-state index contributed by atoms with van der Waals surface area (Å²) in [6, 6.07) is 3.71. The summed E-state index contributed by atoms with van der Waals surface area (Å²) in [6.45, 7) is 3.97. The number of aryl methyl sites for hydroxylation is 1. The zero-order chi connectivity index (χ0) is 17.6. The summed E-state index contributed by atoms with van der Waals surface area (Å²) in [7, 11) is 0. The van der Waals surface area contributed by atoms with Crippen molar-refractivity contribution in [2.75, 3.05) is 0 Å². The lowest BCUT2D eigenvalue weighted by atomic mass is 9.98. The van der Waals surface area contributed by atoms with Crippen LogP contribution in [0.25, 0.3) is 11.4 Å². The molecule has 1 unspecified atom stereocenters. The fourth-order valence-electron chi connectivity index (χ4n) is 3.49. The number of carbonyl (C=O) groups is 1. The summed E-state index contributed by atoms with van der Waals surface area (Å²) in [5.41, 5.74) is 2.81. The van der Waals surface area contributed by atoms with Crippen molar-refractivity contribution in [3.8, 4) is 11.4 Å². The van der Waals surface area contributed by atoms with E-state index in [1.165, 1.54) is 12.8 Å². The van der Waals surface area contributed by atoms with Crippen LogP contribution in [0.15, 0.2) is 30.7 Å². The van der Waals surface area contributed by atoms with Crippen molar-refractivity contribution in [3.05, 3.63) is 42.0 Å². The molecule has 0 saturated heterocycles. The maximum absolute atomic E-state index is 12.6. The fraction of sp³-hybridized carbons (Fsp3) is 0.500. The number of rotatable bonds is 4. The van der Waals surface area contributed by atoms with Gasteiger partial charge in [0.2, 0.25) is 5.91 Å². The second-order valence-corrected chi connectivity index (χ2v) is 6.89. The molecular formula is C20H26N4O. The number of nitrogens with zero attached hydrogens (tertiary/aromatic N) is 3. The average molecular weight is 338 g/mol. The first kappa shape index (κ1) is 17.5. The molecule has 2 aromatic heterocycles. The summed E-state index contributed by atoms with van der Waals surface area (Å²) in [5.74, 6) is 1.01. The van der Waals surface area contributed by atoms with Crippen LogP contribution in [-0.4, -0.2) is 20.9 Å². The van der Waals surface area contributed by atoms with Crippen LogP contribution in [0.5, 0.6) is 0 Å². The molecule has 1 saturated carbocycles. The van der Waals surface area contributed by atoms with Crippen LogP contribution < -0.4 is 5.32 Å². The fourth-order valence-corrected chi connectivity index (χ4v) is 3.49. The van der Waals surface area contributed by atoms with Crippen LogP contribution in [0.2, 0.25) is 0 Å². The van der Waals surface area contributed by atoms with Crippen molar-refractivity contribution in [2.24, 2.45) is 5.92 Å². The smallest absolute Gasteiger partial charge is 0.223 e. The number of aromatic nitrogens is 3. The Hall–Kier alpha value is -2.30. The minimum absolute atomic E-state index is 0.0813. The third-order valence-electron chi connectivity index (χ3n) is 5.01. The molecule has 1 amide bonds. The Balaban J connectivity index is 1.69. The Kier molecular flexibility index (Phi) is 5.74. The van der Waals surface area contributed by atoms with Gasteiger partial charge in [0.05, 0.1) is 6.04 Å². The van der Waals surface area contributed by atoms with Gasteiger partial charge in [0.1, 0.15) is 0 Å². The summed E-state index contributed by atoms with van der Waals surface area (Å²) in [6.07, 6.45) is 12.1. The second-order valence-electron chi connectivity index (χ2n) is 6.89. The van der Waals surface area contributed by atoms with Crippen LogP contribution >= 0.6 is 0 Å². The zero-order valence-corrected chi connectivity index (χ0v) is 15.0. The van der Waals surface area contributed by atoms with Gasteiger partial charge in [0.25, 0.3) is 0 Å². The molecule has 1 N–H and O–H groups in total. The molecule has 5 nitrogen and oxygen atoms in total. The van der Waals surface area contributed by atoms with Gasteiger partial charge in [-0.05, 0) is 38.8 Å². The molecule has 0 bridgehead atoms. The lowest BCUT2D eigenvalue weighted by Crippen LogP contribution is -2.33. The standard InChI is InChI=1S/C20H26N4O/c1-14-18(13-22-19(23-14)16-9-11-21-12-10-16)15(2)24-20(25)17-7-5-3-4-6-8-17/h9-13,15,17H,3-8H2,1-2H3,(H,24,25). The van der Waals surface area contributed by atoms with Crippen molar-refractivity contribution in [2.45, 2.75) is 58.4 Å². The highest BCUT2D eigenvalue weighted by Crippen LogP contribution is 2.25. The van der Waals surface area contributed by atoms with E-state index in [-0.39, 0.29) is 17.9 Å². The van der Waals surface area contributed by atoms with Crippen LogP contribution in [0.1, 0.15) is 62.7 Å². The number of nitrogens with one attached hydrogen (secondary N) is 1. The average Bonchev–Trinajstić information content (AvgIpc) is 2.91. The van der Waals surface area contributed by atoms with E-state index in [9.17, 15) is 4.79 Å². The third kappa shape index (κ3) is 4.41. The number of hydrogen-bond donors (Lipinski definition) is 1. The van der Waals surface area contributed by atoms with Gasteiger partial charge in [0, 0.05) is 41.3 Å². The molecule has 0 aromatic carbocycles. The molecule has 1 aliphatic rings. The van der Waals surface area contributed by atoms with Gasteiger partial charge in [-0.3, -0.25) is 9.78 Å². The summed E-state index contributed by atoms with van der Waals surface area (Å²) >= 11 is 0. The number of carbonyl (C=O) groups excluding carboxylic acids is 1. The van der Waals surface area contributed by atoms with E-state index in [0.717, 1.165) is 42.5 Å². The van der Waals surface area contributed by atoms with E-state index >= 15 is 0 Å². The van der Waals surface area contributed by atoms with E-state index in [2.05, 4.69) is 20.3 Å². The predicted molar refractivity (Wildman–Crippen MR) is 97.7 cm³/mol. The predicted octanol–water partition coefficient (Wildman–Crippen LogP) is 3.99. The first-order valence-corrected chi connectivity index (χ1v) is 9.19. The molecule has 2 heterocycles. The quantitative estimate of drug-likeness (QED) is 0.856. The van der Waals surface area contributed by atoms with Gasteiger partial charge in [-0.25, -0.2) is 9.97 Å². The molecule has 1 fully saturated rings. The minimum atomic E-state index is -0.0813. The van der Waals surface area contributed by atoms with Gasteiger partial charge in [-0.15, -0.1) is 0 Å². The molecule has 25 heavy (non-hydrogen) atoms. The molecule has 0 radical (unpaired) electrons. The van der Waals surface area contributed by atoms with E-state index < -0.39 is 0 Å². The Morgan fingerprint density at radius 3 is 2.48 bits per heavy atom. The molecular weight excluding hydrogens is 312 g/mol. The molecule has 1 aliphatic carbocycles. The Labute approximate surface area is 149 Å². The van der Waals surface area contributed by atoms with E-state index in [1.807, 2.05) is 32.2 Å². The highest BCUT2D eigenvalue weighted by atomic mass is 16.1. The molecule has 0 spiro atoms. The van der Waals surface area contributed by atoms with Crippen molar-refractivity contribution in [1.82, 2.24) is 20.3 Å². The lowest BCUT2D eigenvalue weighted by molar-refractivity contribution is -0.126. The van der Waals surface area contributed by atoms with Gasteiger partial charge < -0.3 is 5.32 Å². The van der Waals surface area contributed by atoms with Gasteiger partial charge in [-0.2, -0.15) is 0 Å². The minimum Gasteiger partial charge on any atom is -0.349 e. The zero-order valence-electron chi connectivity index (χ0n) is 15.0. The second kappa shape index (κ2) is 8.19. The van der Waals surface area contributed by atoms with Crippen molar-refractivity contribution in [3.63, 3.8) is 0 Å². The number of hydrogen-bond acceptors (Lipinski definition) is 4. The molecule has 5 heteroatoms. The Morgan fingerprint density at radius 1 is 1.16 bits per heavy atom. The molecule has 132 valence electrons. The summed E-state index contributed by atoms with van der Waals surface area (Å²) in [4.78, 5) is 25.7. The maximum Gasteiger partial charge on any atom is 0.223 e. The van der Waals surface area contributed by atoms with Crippen LogP contribution in [0.3, 0.4) is 0 Å². The maximum atomic E-state index is 12.6. The first-order chi connectivity index (χ1) is 12.1. The molecule has 0 aliphatic heterocycles. The van der Waals surface area contributed by atoms with Crippen molar-refractivity contribution < 1.29 is 4.79 Å². The number of amides is 1.